The van der Waals surface area contributed by atoms with Gasteiger partial charge >= 0.3 is 6.18 Å². The molecule has 0 aliphatic heterocycles. The van der Waals surface area contributed by atoms with E-state index in [0.717, 1.165) is 19.4 Å². The lowest BCUT2D eigenvalue weighted by Gasteiger charge is -2.33. The third-order valence-corrected chi connectivity index (χ3v) is 3.96. The van der Waals surface area contributed by atoms with E-state index in [9.17, 15) is 13.2 Å². The van der Waals surface area contributed by atoms with Crippen LogP contribution in [0, 0.1) is 11.3 Å². The predicted octanol–water partition coefficient (Wildman–Crippen LogP) is 4.13. The number of alkyl halides is 3. The van der Waals surface area contributed by atoms with Crippen LogP contribution in [0.2, 0.25) is 0 Å². The van der Waals surface area contributed by atoms with Crippen LogP contribution in [0.25, 0.3) is 0 Å². The van der Waals surface area contributed by atoms with Crippen LogP contribution < -0.4 is 5.32 Å². The summed E-state index contributed by atoms with van der Waals surface area (Å²) in [6, 6.07) is 0.0428. The minimum atomic E-state index is -4.01. The highest BCUT2D eigenvalue weighted by molar-refractivity contribution is 4.83. The molecule has 2 atom stereocenters. The van der Waals surface area contributed by atoms with E-state index in [2.05, 4.69) is 26.1 Å². The minimum absolute atomic E-state index is 0.0428. The highest BCUT2D eigenvalue weighted by Crippen LogP contribution is 2.37. The Morgan fingerprint density at radius 2 is 1.82 bits per heavy atom. The predicted molar refractivity (Wildman–Crippen MR) is 63.9 cm³/mol. The summed E-state index contributed by atoms with van der Waals surface area (Å²) in [5, 5.41) is 3.31. The van der Waals surface area contributed by atoms with Gasteiger partial charge in [-0.25, -0.2) is 0 Å². The number of hydrogen-bond acceptors (Lipinski definition) is 1. The largest absolute Gasteiger partial charge is 0.391 e. The van der Waals surface area contributed by atoms with Gasteiger partial charge in [-0.1, -0.05) is 27.2 Å². The molecule has 1 rings (SSSR count). The molecule has 0 aromatic rings. The van der Waals surface area contributed by atoms with Gasteiger partial charge in [0.15, 0.2) is 0 Å². The maximum Gasteiger partial charge on any atom is 0.391 e. The Bertz CT molecular complexity index is 235. The second-order valence-electron chi connectivity index (χ2n) is 6.00. The molecule has 17 heavy (non-hydrogen) atoms. The van der Waals surface area contributed by atoms with Gasteiger partial charge in [0.25, 0.3) is 0 Å². The summed E-state index contributed by atoms with van der Waals surface area (Å²) in [6.45, 7) is 7.20. The zero-order valence-electron chi connectivity index (χ0n) is 11.0. The van der Waals surface area contributed by atoms with Crippen molar-refractivity contribution >= 4 is 0 Å². The van der Waals surface area contributed by atoms with Crippen LogP contribution in [0.4, 0.5) is 13.2 Å². The van der Waals surface area contributed by atoms with Gasteiger partial charge in [-0.3, -0.25) is 0 Å². The van der Waals surface area contributed by atoms with Gasteiger partial charge in [0.05, 0.1) is 5.92 Å². The molecule has 4 heteroatoms. The first-order chi connectivity index (χ1) is 7.74. The third kappa shape index (κ3) is 4.86. The van der Waals surface area contributed by atoms with Gasteiger partial charge < -0.3 is 5.32 Å². The molecule has 0 amide bonds. The van der Waals surface area contributed by atoms with Crippen molar-refractivity contribution in [3.8, 4) is 0 Å². The molecule has 1 aliphatic carbocycles. The molecule has 1 aliphatic rings. The topological polar surface area (TPSA) is 12.0 Å². The standard InChI is InChI=1S/C13H24F3N/c1-4-12(2,3)9-17-11-7-5-6-10(8-11)13(14,15)16/h10-11,17H,4-9H2,1-3H3. The summed E-state index contributed by atoms with van der Waals surface area (Å²) in [7, 11) is 0. The molecule has 102 valence electrons. The van der Waals surface area contributed by atoms with Crippen molar-refractivity contribution in [2.45, 2.75) is 65.1 Å². The molecular weight excluding hydrogens is 227 g/mol. The minimum Gasteiger partial charge on any atom is -0.313 e. The molecule has 1 N–H and O–H groups in total. The number of nitrogens with one attached hydrogen (secondary N) is 1. The van der Waals surface area contributed by atoms with Crippen molar-refractivity contribution in [2.24, 2.45) is 11.3 Å². The SMILES string of the molecule is CCC(C)(C)CNC1CCCC(C(F)(F)F)C1. The Morgan fingerprint density at radius 3 is 2.35 bits per heavy atom. The van der Waals surface area contributed by atoms with Crippen LogP contribution in [0.1, 0.15) is 52.9 Å². The highest BCUT2D eigenvalue weighted by atomic mass is 19.4. The van der Waals surface area contributed by atoms with Gasteiger partial charge in [-0.05, 0) is 31.1 Å². The van der Waals surface area contributed by atoms with E-state index in [1.807, 2.05) is 0 Å². The zero-order valence-corrected chi connectivity index (χ0v) is 11.0. The summed E-state index contributed by atoms with van der Waals surface area (Å²) < 4.78 is 37.9. The summed E-state index contributed by atoms with van der Waals surface area (Å²) in [6.07, 6.45) is -0.848. The third-order valence-electron chi connectivity index (χ3n) is 3.96. The first kappa shape index (κ1) is 14.8. The van der Waals surface area contributed by atoms with Gasteiger partial charge in [-0.2, -0.15) is 13.2 Å². The van der Waals surface area contributed by atoms with Gasteiger partial charge in [0, 0.05) is 12.6 Å². The fourth-order valence-corrected chi connectivity index (χ4v) is 2.22. The number of rotatable bonds is 4. The van der Waals surface area contributed by atoms with E-state index in [1.165, 1.54) is 0 Å². The molecule has 2 unspecified atom stereocenters. The van der Waals surface area contributed by atoms with Gasteiger partial charge in [-0.15, -0.1) is 0 Å². The monoisotopic (exact) mass is 251 g/mol. The van der Waals surface area contributed by atoms with Crippen LogP contribution in [-0.4, -0.2) is 18.8 Å². The molecule has 1 saturated carbocycles. The first-order valence-corrected chi connectivity index (χ1v) is 6.55. The summed E-state index contributed by atoms with van der Waals surface area (Å²) in [4.78, 5) is 0. The van der Waals surface area contributed by atoms with Crippen LogP contribution in [0.15, 0.2) is 0 Å². The van der Waals surface area contributed by atoms with Crippen molar-refractivity contribution < 1.29 is 13.2 Å². The molecule has 0 saturated heterocycles. The van der Waals surface area contributed by atoms with Gasteiger partial charge in [0.1, 0.15) is 0 Å². The Labute approximate surface area is 102 Å². The molecular formula is C13H24F3N. The van der Waals surface area contributed by atoms with Crippen LogP contribution in [0.5, 0.6) is 0 Å². The van der Waals surface area contributed by atoms with E-state index in [1.54, 1.807) is 0 Å². The lowest BCUT2D eigenvalue weighted by Crippen LogP contribution is -2.42. The lowest BCUT2D eigenvalue weighted by molar-refractivity contribution is -0.183. The summed E-state index contributed by atoms with van der Waals surface area (Å²) >= 11 is 0. The van der Waals surface area contributed by atoms with E-state index >= 15 is 0 Å². The fraction of sp³-hybridized carbons (Fsp3) is 1.00. The van der Waals surface area contributed by atoms with Crippen LogP contribution >= 0.6 is 0 Å². The smallest absolute Gasteiger partial charge is 0.313 e. The molecule has 0 bridgehead atoms. The maximum atomic E-state index is 12.6. The Balaban J connectivity index is 2.40. The average Bonchev–Trinajstić information content (AvgIpc) is 2.26. The van der Waals surface area contributed by atoms with Crippen LogP contribution in [-0.2, 0) is 0 Å². The summed E-state index contributed by atoms with van der Waals surface area (Å²) in [5.41, 5.74) is 0.172. The number of hydrogen-bond donors (Lipinski definition) is 1. The highest BCUT2D eigenvalue weighted by Gasteiger charge is 2.42. The molecule has 0 heterocycles. The van der Waals surface area contributed by atoms with Crippen molar-refractivity contribution in [1.29, 1.82) is 0 Å². The van der Waals surface area contributed by atoms with Gasteiger partial charge in [0.2, 0.25) is 0 Å². The fourth-order valence-electron chi connectivity index (χ4n) is 2.22. The second-order valence-corrected chi connectivity index (χ2v) is 6.00. The Morgan fingerprint density at radius 1 is 1.18 bits per heavy atom. The molecule has 0 aromatic carbocycles. The average molecular weight is 251 g/mol. The zero-order chi connectivity index (χ0) is 13.1. The second kappa shape index (κ2) is 5.59. The van der Waals surface area contributed by atoms with E-state index < -0.39 is 12.1 Å². The lowest BCUT2D eigenvalue weighted by atomic mass is 9.84. The normalized spacial score (nSPS) is 27.2. The summed E-state index contributed by atoms with van der Waals surface area (Å²) in [5.74, 6) is -1.10. The molecule has 1 fully saturated rings. The Hall–Kier alpha value is -0.250. The van der Waals surface area contributed by atoms with E-state index in [4.69, 9.17) is 0 Å². The first-order valence-electron chi connectivity index (χ1n) is 6.55. The maximum absolute atomic E-state index is 12.6. The van der Waals surface area contributed by atoms with E-state index in [-0.39, 0.29) is 17.9 Å². The Kier molecular flexibility index (Phi) is 4.87. The van der Waals surface area contributed by atoms with Crippen molar-refractivity contribution in [1.82, 2.24) is 5.32 Å². The van der Waals surface area contributed by atoms with Crippen LogP contribution in [0.3, 0.4) is 0 Å². The quantitative estimate of drug-likeness (QED) is 0.792. The molecule has 0 radical (unpaired) electrons. The number of halogens is 3. The van der Waals surface area contributed by atoms with Crippen molar-refractivity contribution in [3.05, 3.63) is 0 Å². The molecule has 0 aromatic heterocycles. The van der Waals surface area contributed by atoms with Crippen molar-refractivity contribution in [3.63, 3.8) is 0 Å². The van der Waals surface area contributed by atoms with Crippen molar-refractivity contribution in [2.75, 3.05) is 6.54 Å². The molecule has 0 spiro atoms. The molecule has 1 nitrogen and oxygen atoms in total. The van der Waals surface area contributed by atoms with E-state index in [0.29, 0.717) is 12.8 Å².